The Morgan fingerprint density at radius 2 is 1.71 bits per heavy atom. The molecule has 1 aliphatic heterocycles. The molecule has 6 heteroatoms. The highest BCUT2D eigenvalue weighted by Crippen LogP contribution is 2.46. The van der Waals surface area contributed by atoms with E-state index in [1.54, 1.807) is 0 Å². The standard InChI is InChI=1S/C29H29N3O3/c1-17-25(18(2)31-21-13-9-8-12-20(21)30-17)27-26-22(14-29(3,4)15-23(26)33)32(16-24(34)35)28(27)19-10-6-5-7-11-19/h5-13,30H,14-16H2,1-4H3,(H,34,35). The van der Waals surface area contributed by atoms with Crippen LogP contribution in [0.5, 0.6) is 0 Å². The van der Waals surface area contributed by atoms with Crippen molar-refractivity contribution in [3.05, 3.63) is 77.1 Å². The van der Waals surface area contributed by atoms with E-state index >= 15 is 0 Å². The predicted molar refractivity (Wildman–Crippen MR) is 139 cm³/mol. The zero-order chi connectivity index (χ0) is 24.9. The number of Topliss-reactive ketones (excluding diaryl/α,β-unsaturated/α-hetero) is 1. The average molecular weight is 468 g/mol. The van der Waals surface area contributed by atoms with Crippen molar-refractivity contribution >= 4 is 34.4 Å². The minimum Gasteiger partial charge on any atom is -0.480 e. The van der Waals surface area contributed by atoms with Crippen LogP contribution in [0.3, 0.4) is 0 Å². The molecule has 5 rings (SSSR count). The highest BCUT2D eigenvalue weighted by atomic mass is 16.4. The van der Waals surface area contributed by atoms with E-state index in [1.165, 1.54) is 0 Å². The van der Waals surface area contributed by atoms with Gasteiger partial charge in [0, 0.05) is 40.2 Å². The summed E-state index contributed by atoms with van der Waals surface area (Å²) in [4.78, 5) is 30.7. The molecule has 1 aliphatic carbocycles. The van der Waals surface area contributed by atoms with Gasteiger partial charge < -0.3 is 15.0 Å². The van der Waals surface area contributed by atoms with E-state index in [9.17, 15) is 14.7 Å². The zero-order valence-corrected chi connectivity index (χ0v) is 20.5. The Kier molecular flexibility index (Phi) is 5.47. The fourth-order valence-corrected chi connectivity index (χ4v) is 5.46. The van der Waals surface area contributed by atoms with E-state index < -0.39 is 5.97 Å². The molecule has 2 aliphatic rings. The number of carbonyl (C=O) groups excluding carboxylic acids is 1. The second kappa shape index (κ2) is 8.38. The SMILES string of the molecule is CC1=Nc2ccccc2NC(C)=C1c1c2c(n(CC(=O)O)c1-c1ccccc1)CC(C)(C)CC2=O. The van der Waals surface area contributed by atoms with Gasteiger partial charge >= 0.3 is 5.97 Å². The van der Waals surface area contributed by atoms with Crippen molar-refractivity contribution in [1.82, 2.24) is 4.57 Å². The minimum atomic E-state index is -0.940. The second-order valence-electron chi connectivity index (χ2n) is 10.2. The third-order valence-electron chi connectivity index (χ3n) is 6.78. The highest BCUT2D eigenvalue weighted by molar-refractivity contribution is 6.29. The van der Waals surface area contributed by atoms with Gasteiger partial charge in [-0.1, -0.05) is 56.3 Å². The fraction of sp³-hybridized carbons (Fsp3) is 0.276. The van der Waals surface area contributed by atoms with Gasteiger partial charge in [0.2, 0.25) is 0 Å². The van der Waals surface area contributed by atoms with Crippen LogP contribution in [0.4, 0.5) is 11.4 Å². The van der Waals surface area contributed by atoms with Crippen molar-refractivity contribution < 1.29 is 14.7 Å². The van der Waals surface area contributed by atoms with Gasteiger partial charge in [-0.3, -0.25) is 14.6 Å². The van der Waals surface area contributed by atoms with Crippen LogP contribution in [-0.2, 0) is 17.8 Å². The van der Waals surface area contributed by atoms with E-state index in [0.717, 1.165) is 50.9 Å². The van der Waals surface area contributed by atoms with Crippen molar-refractivity contribution in [2.45, 2.75) is 47.1 Å². The highest BCUT2D eigenvalue weighted by Gasteiger charge is 2.40. The summed E-state index contributed by atoms with van der Waals surface area (Å²) in [5, 5.41) is 13.4. The molecule has 3 aromatic rings. The largest absolute Gasteiger partial charge is 0.480 e. The summed E-state index contributed by atoms with van der Waals surface area (Å²) in [6.07, 6.45) is 1.03. The van der Waals surface area contributed by atoms with E-state index in [1.807, 2.05) is 73.0 Å². The number of aliphatic carboxylic acids is 1. The second-order valence-corrected chi connectivity index (χ2v) is 10.2. The van der Waals surface area contributed by atoms with Gasteiger partial charge in [-0.2, -0.15) is 0 Å². The van der Waals surface area contributed by atoms with Crippen molar-refractivity contribution in [3.8, 4) is 11.3 Å². The first-order valence-corrected chi connectivity index (χ1v) is 11.8. The van der Waals surface area contributed by atoms with Gasteiger partial charge in [0.1, 0.15) is 6.54 Å². The van der Waals surface area contributed by atoms with Gasteiger partial charge in [-0.05, 0) is 43.4 Å². The van der Waals surface area contributed by atoms with E-state index in [0.29, 0.717) is 18.4 Å². The number of nitrogens with one attached hydrogen (secondary N) is 1. The lowest BCUT2D eigenvalue weighted by atomic mass is 9.74. The number of nitrogens with zero attached hydrogens (tertiary/aromatic N) is 2. The molecule has 178 valence electrons. The first-order chi connectivity index (χ1) is 16.7. The Hall–Kier alpha value is -3.93. The average Bonchev–Trinajstić information content (AvgIpc) is 3.00. The van der Waals surface area contributed by atoms with Crippen molar-refractivity contribution in [1.29, 1.82) is 0 Å². The molecule has 0 spiro atoms. The molecule has 2 aromatic carbocycles. The Morgan fingerprint density at radius 1 is 1.03 bits per heavy atom. The molecule has 0 saturated heterocycles. The predicted octanol–water partition coefficient (Wildman–Crippen LogP) is 6.34. The topological polar surface area (TPSA) is 83.7 Å². The number of fused-ring (bicyclic) bond motifs is 2. The van der Waals surface area contributed by atoms with Crippen molar-refractivity contribution in [3.63, 3.8) is 0 Å². The molecule has 2 heterocycles. The van der Waals surface area contributed by atoms with Gasteiger partial charge in [-0.25, -0.2) is 0 Å². The number of anilines is 1. The summed E-state index contributed by atoms with van der Waals surface area (Å²) < 4.78 is 1.84. The quantitative estimate of drug-likeness (QED) is 0.469. The van der Waals surface area contributed by atoms with E-state index in [2.05, 4.69) is 19.2 Å². The van der Waals surface area contributed by atoms with Crippen molar-refractivity contribution in [2.24, 2.45) is 10.4 Å². The smallest absolute Gasteiger partial charge is 0.323 e. The number of ketones is 1. The number of carboxylic acids is 1. The monoisotopic (exact) mass is 467 g/mol. The van der Waals surface area contributed by atoms with Gasteiger partial charge in [0.05, 0.1) is 17.1 Å². The van der Waals surface area contributed by atoms with Crippen LogP contribution < -0.4 is 5.32 Å². The summed E-state index contributed by atoms with van der Waals surface area (Å²) >= 11 is 0. The number of hydrogen-bond donors (Lipinski definition) is 2. The molecule has 0 saturated carbocycles. The van der Waals surface area contributed by atoms with Gasteiger partial charge in [-0.15, -0.1) is 0 Å². The molecule has 0 bridgehead atoms. The number of carboxylic acid groups (broad SMARTS) is 1. The van der Waals surface area contributed by atoms with Crippen LogP contribution in [0.1, 0.15) is 55.7 Å². The lowest BCUT2D eigenvalue weighted by Crippen LogP contribution is -2.29. The summed E-state index contributed by atoms with van der Waals surface area (Å²) in [5.74, 6) is -0.896. The normalized spacial score (nSPS) is 16.7. The lowest BCUT2D eigenvalue weighted by molar-refractivity contribution is -0.137. The maximum absolute atomic E-state index is 13.7. The number of aliphatic imine (C=N–C) groups is 1. The summed E-state index contributed by atoms with van der Waals surface area (Å²) in [6.45, 7) is 7.86. The first kappa shape index (κ1) is 22.8. The summed E-state index contributed by atoms with van der Waals surface area (Å²) in [5.41, 5.74) is 7.78. The van der Waals surface area contributed by atoms with Crippen LogP contribution in [0.15, 0.2) is 65.3 Å². The van der Waals surface area contributed by atoms with Gasteiger partial charge in [0.15, 0.2) is 5.78 Å². The van der Waals surface area contributed by atoms with E-state index in [4.69, 9.17) is 4.99 Å². The Balaban J connectivity index is 1.89. The van der Waals surface area contributed by atoms with Crippen LogP contribution in [0, 0.1) is 5.41 Å². The maximum atomic E-state index is 13.7. The molecule has 0 fully saturated rings. The number of benzene rings is 2. The molecule has 0 atom stereocenters. The van der Waals surface area contributed by atoms with Crippen LogP contribution in [0.25, 0.3) is 16.8 Å². The first-order valence-electron chi connectivity index (χ1n) is 11.8. The Bertz CT molecular complexity index is 1420. The number of para-hydroxylation sites is 2. The number of aromatic nitrogens is 1. The number of carbonyl (C=O) groups is 2. The molecular formula is C29H29N3O3. The number of hydrogen-bond acceptors (Lipinski definition) is 4. The van der Waals surface area contributed by atoms with Gasteiger partial charge in [0.25, 0.3) is 0 Å². The fourth-order valence-electron chi connectivity index (χ4n) is 5.46. The molecule has 0 unspecified atom stereocenters. The third-order valence-corrected chi connectivity index (χ3v) is 6.78. The summed E-state index contributed by atoms with van der Waals surface area (Å²) in [6, 6.07) is 17.6. The summed E-state index contributed by atoms with van der Waals surface area (Å²) in [7, 11) is 0. The molecular weight excluding hydrogens is 438 g/mol. The minimum absolute atomic E-state index is 0.0439. The Morgan fingerprint density at radius 3 is 2.43 bits per heavy atom. The number of allylic oxidation sites excluding steroid dienone is 2. The maximum Gasteiger partial charge on any atom is 0.323 e. The molecule has 6 nitrogen and oxygen atoms in total. The molecule has 1 aromatic heterocycles. The zero-order valence-electron chi connectivity index (χ0n) is 20.5. The molecule has 2 N–H and O–H groups in total. The van der Waals surface area contributed by atoms with Crippen LogP contribution in [0.2, 0.25) is 0 Å². The number of rotatable bonds is 4. The van der Waals surface area contributed by atoms with E-state index in [-0.39, 0.29) is 17.7 Å². The molecule has 35 heavy (non-hydrogen) atoms. The molecule has 0 amide bonds. The Labute approximate surface area is 205 Å². The van der Waals surface area contributed by atoms with Crippen LogP contribution in [-0.4, -0.2) is 27.1 Å². The molecule has 0 radical (unpaired) electrons. The van der Waals surface area contributed by atoms with Crippen molar-refractivity contribution in [2.75, 3.05) is 5.32 Å². The third kappa shape index (κ3) is 3.99. The lowest BCUT2D eigenvalue weighted by Gasteiger charge is -2.30. The van der Waals surface area contributed by atoms with Crippen LogP contribution >= 0.6 is 0 Å².